The van der Waals surface area contributed by atoms with Crippen molar-refractivity contribution in [3.63, 3.8) is 0 Å². The average molecular weight is 217 g/mol. The van der Waals surface area contributed by atoms with Gasteiger partial charge in [0.25, 0.3) is 0 Å². The quantitative estimate of drug-likeness (QED) is 0.698. The van der Waals surface area contributed by atoms with Gasteiger partial charge in [0.15, 0.2) is 0 Å². The van der Waals surface area contributed by atoms with Crippen molar-refractivity contribution in [2.45, 2.75) is 31.2 Å². The standard InChI is InChI=1S/C11H23NO3/c1-12-7-5-9(13-2)11(15-4)10(14-3)6-8-12/h9-11H,5-8H2,1-4H3. The maximum absolute atomic E-state index is 5.50. The molecule has 2 atom stereocenters. The van der Waals surface area contributed by atoms with Gasteiger partial charge in [-0.2, -0.15) is 0 Å². The van der Waals surface area contributed by atoms with Crippen LogP contribution in [0.1, 0.15) is 12.8 Å². The number of hydrogen-bond acceptors (Lipinski definition) is 4. The van der Waals surface area contributed by atoms with Crippen molar-refractivity contribution in [3.05, 3.63) is 0 Å². The van der Waals surface area contributed by atoms with Gasteiger partial charge in [0, 0.05) is 34.4 Å². The van der Waals surface area contributed by atoms with Crippen LogP contribution in [0.5, 0.6) is 0 Å². The van der Waals surface area contributed by atoms with Gasteiger partial charge < -0.3 is 19.1 Å². The molecular weight excluding hydrogens is 194 g/mol. The molecule has 90 valence electrons. The van der Waals surface area contributed by atoms with Crippen LogP contribution in [0.3, 0.4) is 0 Å². The first kappa shape index (κ1) is 12.9. The molecule has 1 heterocycles. The molecule has 1 aliphatic rings. The summed E-state index contributed by atoms with van der Waals surface area (Å²) < 4.78 is 16.5. The Hall–Kier alpha value is -0.160. The monoisotopic (exact) mass is 217 g/mol. The Morgan fingerprint density at radius 3 is 1.67 bits per heavy atom. The van der Waals surface area contributed by atoms with E-state index in [2.05, 4.69) is 11.9 Å². The second kappa shape index (κ2) is 6.43. The number of likely N-dealkylation sites (tertiary alicyclic amines) is 1. The first-order valence-electron chi connectivity index (χ1n) is 5.49. The molecule has 0 bridgehead atoms. The van der Waals surface area contributed by atoms with Gasteiger partial charge >= 0.3 is 0 Å². The summed E-state index contributed by atoms with van der Waals surface area (Å²) in [6.45, 7) is 2.10. The Labute approximate surface area is 92.5 Å². The third kappa shape index (κ3) is 3.41. The largest absolute Gasteiger partial charge is 0.379 e. The van der Waals surface area contributed by atoms with E-state index < -0.39 is 0 Å². The van der Waals surface area contributed by atoms with E-state index in [9.17, 15) is 0 Å². The van der Waals surface area contributed by atoms with Gasteiger partial charge in [-0.05, 0) is 19.9 Å². The topological polar surface area (TPSA) is 30.9 Å². The van der Waals surface area contributed by atoms with E-state index >= 15 is 0 Å². The van der Waals surface area contributed by atoms with E-state index in [-0.39, 0.29) is 18.3 Å². The average Bonchev–Trinajstić information content (AvgIpc) is 2.24. The Bertz CT molecular complexity index is 161. The van der Waals surface area contributed by atoms with Crippen LogP contribution >= 0.6 is 0 Å². The van der Waals surface area contributed by atoms with Crippen molar-refractivity contribution in [1.29, 1.82) is 0 Å². The lowest BCUT2D eigenvalue weighted by Gasteiger charge is -2.35. The molecule has 4 heteroatoms. The second-order valence-corrected chi connectivity index (χ2v) is 4.13. The highest BCUT2D eigenvalue weighted by atomic mass is 16.6. The number of ether oxygens (including phenoxy) is 3. The fourth-order valence-corrected chi connectivity index (χ4v) is 2.18. The summed E-state index contributed by atoms with van der Waals surface area (Å²) in [4.78, 5) is 2.31. The molecule has 0 radical (unpaired) electrons. The van der Waals surface area contributed by atoms with Crippen molar-refractivity contribution in [2.75, 3.05) is 41.5 Å². The molecule has 15 heavy (non-hydrogen) atoms. The van der Waals surface area contributed by atoms with Crippen molar-refractivity contribution >= 4 is 0 Å². The van der Waals surface area contributed by atoms with Crippen LogP contribution in [-0.4, -0.2) is 64.7 Å². The number of hydrogen-bond donors (Lipinski definition) is 0. The number of rotatable bonds is 3. The highest BCUT2D eigenvalue weighted by molar-refractivity contribution is 4.83. The minimum Gasteiger partial charge on any atom is -0.379 e. The zero-order valence-corrected chi connectivity index (χ0v) is 10.2. The van der Waals surface area contributed by atoms with Crippen molar-refractivity contribution in [2.24, 2.45) is 0 Å². The number of methoxy groups -OCH3 is 3. The smallest absolute Gasteiger partial charge is 0.109 e. The van der Waals surface area contributed by atoms with Crippen molar-refractivity contribution in [3.8, 4) is 0 Å². The minimum absolute atomic E-state index is 0.0497. The minimum atomic E-state index is 0.0497. The third-order valence-electron chi connectivity index (χ3n) is 3.20. The van der Waals surface area contributed by atoms with E-state index in [1.54, 1.807) is 21.3 Å². The highest BCUT2D eigenvalue weighted by Gasteiger charge is 2.31. The Balaban J connectivity index is 2.66. The zero-order valence-electron chi connectivity index (χ0n) is 10.2. The van der Waals surface area contributed by atoms with E-state index in [1.165, 1.54) is 0 Å². The summed E-state index contributed by atoms with van der Waals surface area (Å²) in [6, 6.07) is 0. The molecule has 0 saturated carbocycles. The predicted octanol–water partition coefficient (Wildman–Crippen LogP) is 0.757. The fraction of sp³-hybridized carbons (Fsp3) is 1.00. The molecule has 0 aromatic heterocycles. The maximum Gasteiger partial charge on any atom is 0.109 e. The molecule has 0 N–H and O–H groups in total. The molecule has 0 aromatic carbocycles. The normalized spacial score (nSPS) is 34.8. The SMILES string of the molecule is COC1CCN(C)CCC(OC)C1OC. The second-order valence-electron chi connectivity index (χ2n) is 4.13. The molecule has 0 aliphatic carbocycles. The molecule has 2 unspecified atom stereocenters. The van der Waals surface area contributed by atoms with Crippen LogP contribution in [0, 0.1) is 0 Å². The maximum atomic E-state index is 5.50. The Morgan fingerprint density at radius 1 is 0.867 bits per heavy atom. The highest BCUT2D eigenvalue weighted by Crippen LogP contribution is 2.19. The summed E-state index contributed by atoms with van der Waals surface area (Å²) in [7, 11) is 7.34. The summed E-state index contributed by atoms with van der Waals surface area (Å²) in [5, 5.41) is 0. The van der Waals surface area contributed by atoms with E-state index in [4.69, 9.17) is 14.2 Å². The van der Waals surface area contributed by atoms with Crippen LogP contribution in [-0.2, 0) is 14.2 Å². The van der Waals surface area contributed by atoms with Crippen molar-refractivity contribution < 1.29 is 14.2 Å². The van der Waals surface area contributed by atoms with Gasteiger partial charge in [-0.25, -0.2) is 0 Å². The van der Waals surface area contributed by atoms with Crippen LogP contribution in [0.15, 0.2) is 0 Å². The van der Waals surface area contributed by atoms with Gasteiger partial charge in [-0.15, -0.1) is 0 Å². The van der Waals surface area contributed by atoms with Gasteiger partial charge in [-0.3, -0.25) is 0 Å². The molecular formula is C11H23NO3. The lowest BCUT2D eigenvalue weighted by atomic mass is 9.99. The van der Waals surface area contributed by atoms with Crippen LogP contribution in [0.4, 0.5) is 0 Å². The van der Waals surface area contributed by atoms with Gasteiger partial charge in [-0.1, -0.05) is 0 Å². The Morgan fingerprint density at radius 2 is 1.33 bits per heavy atom. The lowest BCUT2D eigenvalue weighted by molar-refractivity contribution is -0.119. The summed E-state index contributed by atoms with van der Waals surface area (Å²) in [5.74, 6) is 0. The van der Waals surface area contributed by atoms with Crippen LogP contribution in [0.2, 0.25) is 0 Å². The molecule has 1 fully saturated rings. The van der Waals surface area contributed by atoms with Crippen molar-refractivity contribution in [1.82, 2.24) is 4.90 Å². The lowest BCUT2D eigenvalue weighted by Crippen LogP contribution is -2.46. The van der Waals surface area contributed by atoms with E-state index in [1.807, 2.05) is 0 Å². The summed E-state index contributed by atoms with van der Waals surface area (Å²) in [5.41, 5.74) is 0. The summed E-state index contributed by atoms with van der Waals surface area (Å²) >= 11 is 0. The zero-order chi connectivity index (χ0) is 11.3. The predicted molar refractivity (Wildman–Crippen MR) is 59.1 cm³/mol. The van der Waals surface area contributed by atoms with Gasteiger partial charge in [0.1, 0.15) is 6.10 Å². The van der Waals surface area contributed by atoms with Crippen LogP contribution < -0.4 is 0 Å². The molecule has 0 amide bonds. The fourth-order valence-electron chi connectivity index (χ4n) is 2.18. The van der Waals surface area contributed by atoms with E-state index in [0.29, 0.717) is 0 Å². The molecule has 4 nitrogen and oxygen atoms in total. The summed E-state index contributed by atoms with van der Waals surface area (Å²) in [6.07, 6.45) is 2.29. The molecule has 0 aromatic rings. The molecule has 1 rings (SSSR count). The Kier molecular flexibility index (Phi) is 5.53. The van der Waals surface area contributed by atoms with Gasteiger partial charge in [0.05, 0.1) is 12.2 Å². The van der Waals surface area contributed by atoms with Crippen LogP contribution in [0.25, 0.3) is 0 Å². The van der Waals surface area contributed by atoms with E-state index in [0.717, 1.165) is 25.9 Å². The number of nitrogens with zero attached hydrogens (tertiary/aromatic N) is 1. The first-order chi connectivity index (χ1) is 7.22. The van der Waals surface area contributed by atoms with Gasteiger partial charge in [0.2, 0.25) is 0 Å². The molecule has 1 aliphatic heterocycles. The first-order valence-corrected chi connectivity index (χ1v) is 5.49. The third-order valence-corrected chi connectivity index (χ3v) is 3.20. The molecule has 0 spiro atoms. The molecule has 1 saturated heterocycles.